The summed E-state index contributed by atoms with van der Waals surface area (Å²) in [6, 6.07) is 2.86. The van der Waals surface area contributed by atoms with Crippen molar-refractivity contribution in [1.82, 2.24) is 24.0 Å². The van der Waals surface area contributed by atoms with Crippen LogP contribution in [0.1, 0.15) is 49.7 Å². The van der Waals surface area contributed by atoms with E-state index in [2.05, 4.69) is 15.0 Å². The molecule has 2 aliphatic rings. The van der Waals surface area contributed by atoms with Gasteiger partial charge in [-0.25, -0.2) is 13.4 Å². The zero-order valence-electron chi connectivity index (χ0n) is 20.6. The van der Waals surface area contributed by atoms with Gasteiger partial charge < -0.3 is 4.90 Å². The molecule has 0 bridgehead atoms. The van der Waals surface area contributed by atoms with E-state index in [1.807, 2.05) is 25.7 Å². The Morgan fingerprint density at radius 1 is 1.00 bits per heavy atom. The molecule has 0 atom stereocenters. The van der Waals surface area contributed by atoms with Crippen LogP contribution in [-0.4, -0.2) is 77.7 Å². The molecule has 0 spiro atoms. The third-order valence-corrected chi connectivity index (χ3v) is 9.15. The third-order valence-electron chi connectivity index (χ3n) is 7.00. The van der Waals surface area contributed by atoms with E-state index in [1.165, 1.54) is 6.07 Å². The summed E-state index contributed by atoms with van der Waals surface area (Å²) in [4.78, 5) is 8.68. The Bertz CT molecular complexity index is 1130. The molecule has 0 amide bonds. The van der Waals surface area contributed by atoms with Crippen molar-refractivity contribution < 1.29 is 21.6 Å². The summed E-state index contributed by atoms with van der Waals surface area (Å²) in [5, 5.41) is 4.45. The number of alkyl halides is 3. The highest BCUT2D eigenvalue weighted by atomic mass is 32.2. The number of piperidine rings is 1. The Hall–Kier alpha value is -2.18. The predicted molar refractivity (Wildman–Crippen MR) is 127 cm³/mol. The molecule has 4 heterocycles. The highest BCUT2D eigenvalue weighted by molar-refractivity contribution is 7.89. The number of sulfonamides is 1. The first-order valence-electron chi connectivity index (χ1n) is 12.0. The van der Waals surface area contributed by atoms with E-state index in [0.717, 1.165) is 38.2 Å². The van der Waals surface area contributed by atoms with Crippen molar-refractivity contribution >= 4 is 15.8 Å². The lowest BCUT2D eigenvalue weighted by molar-refractivity contribution is -0.137. The number of pyridine rings is 1. The van der Waals surface area contributed by atoms with Crippen LogP contribution < -0.4 is 4.90 Å². The number of hydrogen-bond donors (Lipinski definition) is 0. The van der Waals surface area contributed by atoms with Gasteiger partial charge >= 0.3 is 6.18 Å². The van der Waals surface area contributed by atoms with E-state index in [1.54, 1.807) is 15.9 Å². The van der Waals surface area contributed by atoms with E-state index in [-0.39, 0.29) is 12.1 Å². The minimum absolute atomic E-state index is 0.0832. The van der Waals surface area contributed by atoms with Gasteiger partial charge in [0.05, 0.1) is 17.0 Å². The van der Waals surface area contributed by atoms with Crippen LogP contribution in [0.2, 0.25) is 0 Å². The fraction of sp³-hybridized carbons (Fsp3) is 0.652. The van der Waals surface area contributed by atoms with Crippen molar-refractivity contribution in [3.63, 3.8) is 0 Å². The summed E-state index contributed by atoms with van der Waals surface area (Å²) in [6.45, 7) is 11.3. The van der Waals surface area contributed by atoms with E-state index in [4.69, 9.17) is 0 Å². The average molecular weight is 515 g/mol. The molecule has 0 saturated carbocycles. The molecule has 2 fully saturated rings. The van der Waals surface area contributed by atoms with Gasteiger partial charge in [-0.2, -0.15) is 22.6 Å². The lowest BCUT2D eigenvalue weighted by Gasteiger charge is -2.42. The number of aryl methyl sites for hydroxylation is 1. The predicted octanol–water partition coefficient (Wildman–Crippen LogP) is 3.47. The molecule has 194 valence electrons. The number of piperazine rings is 1. The smallest absolute Gasteiger partial charge is 0.354 e. The van der Waals surface area contributed by atoms with Crippen molar-refractivity contribution in [1.29, 1.82) is 0 Å². The van der Waals surface area contributed by atoms with Crippen LogP contribution in [-0.2, 0) is 16.2 Å². The molecule has 0 radical (unpaired) electrons. The Labute approximate surface area is 204 Å². The Morgan fingerprint density at radius 3 is 2.11 bits per heavy atom. The number of aromatic nitrogens is 3. The largest absolute Gasteiger partial charge is 0.417 e. The van der Waals surface area contributed by atoms with E-state index < -0.39 is 21.8 Å². The molecular weight excluding hydrogens is 481 g/mol. The number of rotatable bonds is 5. The molecule has 2 aromatic rings. The van der Waals surface area contributed by atoms with Crippen LogP contribution in [0.25, 0.3) is 0 Å². The molecule has 4 rings (SSSR count). The Morgan fingerprint density at radius 2 is 1.63 bits per heavy atom. The highest BCUT2D eigenvalue weighted by Gasteiger charge is 2.36. The van der Waals surface area contributed by atoms with E-state index >= 15 is 0 Å². The first kappa shape index (κ1) is 25.9. The van der Waals surface area contributed by atoms with Crippen molar-refractivity contribution in [2.45, 2.75) is 63.7 Å². The van der Waals surface area contributed by atoms with Crippen molar-refractivity contribution in [3.8, 4) is 0 Å². The summed E-state index contributed by atoms with van der Waals surface area (Å²) >= 11 is 0. The van der Waals surface area contributed by atoms with Gasteiger partial charge in [0.1, 0.15) is 10.7 Å². The van der Waals surface area contributed by atoms with E-state index in [9.17, 15) is 21.6 Å². The van der Waals surface area contributed by atoms with E-state index in [0.29, 0.717) is 48.3 Å². The number of nitrogens with zero attached hydrogens (tertiary/aromatic N) is 6. The second kappa shape index (κ2) is 9.70. The number of halogens is 3. The van der Waals surface area contributed by atoms with Gasteiger partial charge in [-0.15, -0.1) is 0 Å². The molecule has 12 heteroatoms. The van der Waals surface area contributed by atoms with Gasteiger partial charge in [0.2, 0.25) is 10.0 Å². The first-order valence-corrected chi connectivity index (χ1v) is 13.4. The van der Waals surface area contributed by atoms with Gasteiger partial charge in [-0.05, 0) is 52.7 Å². The SMILES string of the molecule is Cc1nn(C(C)C)c(C)c1S(=O)(=O)N1CCC(N2CCN(c3ccc(C(F)(F)F)cn3)CC2)CC1. The van der Waals surface area contributed by atoms with Gasteiger partial charge in [-0.3, -0.25) is 9.58 Å². The second-order valence-corrected chi connectivity index (χ2v) is 11.5. The monoisotopic (exact) mass is 514 g/mol. The molecule has 2 saturated heterocycles. The standard InChI is InChI=1S/C23H33F3N6O2S/c1-16(2)32-18(4)22(17(3)28-32)35(33,34)31-9-7-20(8-10-31)29-11-13-30(14-12-29)21-6-5-19(15-27-21)23(24,25)26/h5-6,15-16,20H,7-14H2,1-4H3. The van der Waals surface area contributed by atoms with Gasteiger partial charge in [0.15, 0.2) is 0 Å². The van der Waals surface area contributed by atoms with Crippen molar-refractivity contribution in [2.24, 2.45) is 0 Å². The van der Waals surface area contributed by atoms with Gasteiger partial charge in [0, 0.05) is 57.5 Å². The highest BCUT2D eigenvalue weighted by Crippen LogP contribution is 2.31. The van der Waals surface area contributed by atoms with Crippen LogP contribution in [0.4, 0.5) is 19.0 Å². The van der Waals surface area contributed by atoms with Crippen LogP contribution in [0.5, 0.6) is 0 Å². The molecule has 2 aromatic heterocycles. The molecule has 0 N–H and O–H groups in total. The van der Waals surface area contributed by atoms with Crippen LogP contribution >= 0.6 is 0 Å². The summed E-state index contributed by atoms with van der Waals surface area (Å²) in [5.74, 6) is 0.547. The fourth-order valence-electron chi connectivity index (χ4n) is 5.16. The quantitative estimate of drug-likeness (QED) is 0.609. The minimum Gasteiger partial charge on any atom is -0.354 e. The van der Waals surface area contributed by atoms with Gasteiger partial charge in [0.25, 0.3) is 0 Å². The fourth-order valence-corrected chi connectivity index (χ4v) is 6.99. The lowest BCUT2D eigenvalue weighted by atomic mass is 10.0. The number of hydrogen-bond acceptors (Lipinski definition) is 6. The summed E-state index contributed by atoms with van der Waals surface area (Å²) in [7, 11) is -3.61. The normalized spacial score (nSPS) is 19.6. The summed E-state index contributed by atoms with van der Waals surface area (Å²) < 4.78 is 68.5. The Kier molecular flexibility index (Phi) is 7.18. The minimum atomic E-state index is -4.39. The second-order valence-electron chi connectivity index (χ2n) is 9.60. The van der Waals surface area contributed by atoms with Crippen LogP contribution in [0.15, 0.2) is 23.2 Å². The van der Waals surface area contributed by atoms with Crippen LogP contribution in [0.3, 0.4) is 0 Å². The topological polar surface area (TPSA) is 74.6 Å². The molecule has 0 aliphatic carbocycles. The van der Waals surface area contributed by atoms with Crippen LogP contribution in [0, 0.1) is 13.8 Å². The molecule has 35 heavy (non-hydrogen) atoms. The van der Waals surface area contributed by atoms with Crippen molar-refractivity contribution in [3.05, 3.63) is 35.3 Å². The Balaban J connectivity index is 1.34. The zero-order valence-corrected chi connectivity index (χ0v) is 21.4. The molecule has 8 nitrogen and oxygen atoms in total. The molecule has 0 aromatic carbocycles. The maximum Gasteiger partial charge on any atom is 0.417 e. The van der Waals surface area contributed by atoms with Crippen molar-refractivity contribution in [2.75, 3.05) is 44.2 Å². The number of anilines is 1. The maximum absolute atomic E-state index is 13.4. The zero-order chi connectivity index (χ0) is 25.5. The third kappa shape index (κ3) is 5.19. The molecule has 0 unspecified atom stereocenters. The van der Waals surface area contributed by atoms with Gasteiger partial charge in [-0.1, -0.05) is 0 Å². The molecule has 2 aliphatic heterocycles. The average Bonchev–Trinajstić information content (AvgIpc) is 3.13. The molecular formula is C23H33F3N6O2S. The first-order chi connectivity index (χ1) is 16.4. The lowest BCUT2D eigenvalue weighted by Crippen LogP contribution is -2.54. The summed E-state index contributed by atoms with van der Waals surface area (Å²) in [6.07, 6.45) is -2.02. The summed E-state index contributed by atoms with van der Waals surface area (Å²) in [5.41, 5.74) is 0.461. The maximum atomic E-state index is 13.4.